The van der Waals surface area contributed by atoms with Crippen LogP contribution in [0.4, 0.5) is 0 Å². The Bertz CT molecular complexity index is 342. The molecule has 0 unspecified atom stereocenters. The van der Waals surface area contributed by atoms with Gasteiger partial charge in [0.25, 0.3) is 0 Å². The first kappa shape index (κ1) is 15.3. The molecule has 2 rings (SSSR count). The molecule has 1 saturated carbocycles. The molecule has 1 heterocycles. The average molecular weight is 281 g/mol. The highest BCUT2D eigenvalue weighted by atomic mass is 16.2. The topological polar surface area (TPSA) is 70.2 Å². The first-order chi connectivity index (χ1) is 9.68. The zero-order chi connectivity index (χ0) is 14.4. The third kappa shape index (κ3) is 3.95. The molecule has 2 fully saturated rings. The number of carbonyl (C=O) groups is 2. The van der Waals surface area contributed by atoms with Crippen molar-refractivity contribution in [1.29, 1.82) is 0 Å². The van der Waals surface area contributed by atoms with Gasteiger partial charge < -0.3 is 16.0 Å². The summed E-state index contributed by atoms with van der Waals surface area (Å²) in [4.78, 5) is 23.9. The fraction of sp³-hybridized carbons (Fsp3) is 0.867. The molecular formula is C15H27N3O2. The van der Waals surface area contributed by atoms with Gasteiger partial charge in [-0.05, 0) is 45.2 Å². The summed E-state index contributed by atoms with van der Waals surface area (Å²) in [5, 5.41) is 9.21. The van der Waals surface area contributed by atoms with Crippen LogP contribution in [-0.2, 0) is 9.59 Å². The van der Waals surface area contributed by atoms with Gasteiger partial charge in [-0.3, -0.25) is 9.59 Å². The lowest BCUT2D eigenvalue weighted by Crippen LogP contribution is -2.49. The van der Waals surface area contributed by atoms with E-state index < -0.39 is 0 Å². The van der Waals surface area contributed by atoms with E-state index in [1.165, 1.54) is 0 Å². The summed E-state index contributed by atoms with van der Waals surface area (Å²) in [7, 11) is 0. The van der Waals surface area contributed by atoms with E-state index in [-0.39, 0.29) is 23.1 Å². The Hall–Kier alpha value is -1.10. The Labute approximate surface area is 121 Å². The van der Waals surface area contributed by atoms with Gasteiger partial charge in [0.2, 0.25) is 11.8 Å². The van der Waals surface area contributed by atoms with Crippen LogP contribution in [0, 0.1) is 11.3 Å². The number of nitrogens with one attached hydrogen (secondary N) is 3. The van der Waals surface area contributed by atoms with Crippen LogP contribution in [0.25, 0.3) is 0 Å². The highest BCUT2D eigenvalue weighted by Gasteiger charge is 2.38. The molecule has 2 amide bonds. The normalized spacial score (nSPS) is 21.2. The van der Waals surface area contributed by atoms with Gasteiger partial charge in [-0.25, -0.2) is 0 Å². The lowest BCUT2D eigenvalue weighted by molar-refractivity contribution is -0.133. The van der Waals surface area contributed by atoms with Gasteiger partial charge in [0.05, 0.1) is 5.41 Å². The van der Waals surface area contributed by atoms with Crippen LogP contribution >= 0.6 is 0 Å². The minimum absolute atomic E-state index is 0.143. The molecule has 5 nitrogen and oxygen atoms in total. The van der Waals surface area contributed by atoms with Crippen molar-refractivity contribution >= 4 is 11.8 Å². The molecule has 0 radical (unpaired) electrons. The first-order valence-electron chi connectivity index (χ1n) is 7.95. The molecule has 1 aliphatic heterocycles. The van der Waals surface area contributed by atoms with Crippen molar-refractivity contribution in [3.63, 3.8) is 0 Å². The van der Waals surface area contributed by atoms with E-state index in [0.29, 0.717) is 13.1 Å². The molecule has 5 heteroatoms. The van der Waals surface area contributed by atoms with E-state index in [1.54, 1.807) is 0 Å². The van der Waals surface area contributed by atoms with E-state index >= 15 is 0 Å². The van der Waals surface area contributed by atoms with Crippen LogP contribution in [0.5, 0.6) is 0 Å². The fourth-order valence-electron chi connectivity index (χ4n) is 3.01. The number of carbonyl (C=O) groups excluding carboxylic acids is 2. The van der Waals surface area contributed by atoms with Crippen molar-refractivity contribution in [2.45, 2.75) is 45.4 Å². The summed E-state index contributed by atoms with van der Waals surface area (Å²) < 4.78 is 0. The fourth-order valence-corrected chi connectivity index (χ4v) is 3.01. The molecule has 20 heavy (non-hydrogen) atoms. The number of hydrogen-bond donors (Lipinski definition) is 3. The monoisotopic (exact) mass is 281 g/mol. The van der Waals surface area contributed by atoms with Crippen molar-refractivity contribution in [1.82, 2.24) is 16.0 Å². The molecular weight excluding hydrogens is 254 g/mol. The molecule has 2 aliphatic rings. The quantitative estimate of drug-likeness (QED) is 0.605. The van der Waals surface area contributed by atoms with Crippen molar-refractivity contribution in [2.75, 3.05) is 26.2 Å². The molecule has 0 bridgehead atoms. The van der Waals surface area contributed by atoms with Crippen LogP contribution in [0.1, 0.15) is 45.4 Å². The maximum absolute atomic E-state index is 12.4. The van der Waals surface area contributed by atoms with Gasteiger partial charge in [-0.15, -0.1) is 0 Å². The summed E-state index contributed by atoms with van der Waals surface area (Å²) in [5.74, 6) is 0.549. The summed E-state index contributed by atoms with van der Waals surface area (Å²) in [5.41, 5.74) is -0.194. The van der Waals surface area contributed by atoms with Gasteiger partial charge in [0, 0.05) is 19.0 Å². The summed E-state index contributed by atoms with van der Waals surface area (Å²) >= 11 is 0. The van der Waals surface area contributed by atoms with E-state index in [1.807, 2.05) is 0 Å². The third-order valence-corrected chi connectivity index (χ3v) is 4.43. The smallest absolute Gasteiger partial charge is 0.226 e. The highest BCUT2D eigenvalue weighted by Crippen LogP contribution is 2.34. The van der Waals surface area contributed by atoms with Crippen LogP contribution in [0.2, 0.25) is 0 Å². The molecule has 0 aromatic rings. The Balaban J connectivity index is 1.72. The van der Waals surface area contributed by atoms with Gasteiger partial charge in [-0.2, -0.15) is 0 Å². The zero-order valence-corrected chi connectivity index (χ0v) is 12.5. The van der Waals surface area contributed by atoms with Crippen LogP contribution in [0.15, 0.2) is 0 Å². The second-order valence-corrected chi connectivity index (χ2v) is 6.10. The molecule has 114 valence electrons. The standard InChI is InChI=1S/C15H27N3O2/c1-2-5-15(6-8-16-9-7-15)14(20)18-11-10-17-13(19)12-3-4-12/h12,16H,2-11H2,1H3,(H,17,19)(H,18,20). The van der Waals surface area contributed by atoms with E-state index in [4.69, 9.17) is 0 Å². The minimum atomic E-state index is -0.194. The Morgan fingerprint density at radius 2 is 1.80 bits per heavy atom. The average Bonchev–Trinajstić information content (AvgIpc) is 3.29. The third-order valence-electron chi connectivity index (χ3n) is 4.43. The maximum Gasteiger partial charge on any atom is 0.226 e. The number of hydrogen-bond acceptors (Lipinski definition) is 3. The predicted octanol–water partition coefficient (Wildman–Crippen LogP) is 0.799. The highest BCUT2D eigenvalue weighted by molar-refractivity contribution is 5.83. The molecule has 3 N–H and O–H groups in total. The summed E-state index contributed by atoms with van der Waals surface area (Å²) in [6.07, 6.45) is 5.86. The summed E-state index contributed by atoms with van der Waals surface area (Å²) in [6.45, 7) is 5.06. The second-order valence-electron chi connectivity index (χ2n) is 6.10. The Kier molecular flexibility index (Phi) is 5.40. The van der Waals surface area contributed by atoms with Crippen LogP contribution in [-0.4, -0.2) is 38.0 Å². The molecule has 0 aromatic carbocycles. The largest absolute Gasteiger partial charge is 0.354 e. The Morgan fingerprint density at radius 1 is 1.15 bits per heavy atom. The van der Waals surface area contributed by atoms with Gasteiger partial charge in [0.1, 0.15) is 0 Å². The van der Waals surface area contributed by atoms with Crippen molar-refractivity contribution < 1.29 is 9.59 Å². The SMILES string of the molecule is CCCC1(C(=O)NCCNC(=O)C2CC2)CCNCC1. The predicted molar refractivity (Wildman–Crippen MR) is 78.2 cm³/mol. The molecule has 0 spiro atoms. The summed E-state index contributed by atoms with van der Waals surface area (Å²) in [6, 6.07) is 0. The number of piperidine rings is 1. The van der Waals surface area contributed by atoms with Gasteiger partial charge in [-0.1, -0.05) is 13.3 Å². The molecule has 0 atom stereocenters. The number of amides is 2. The van der Waals surface area contributed by atoms with E-state index in [9.17, 15) is 9.59 Å². The van der Waals surface area contributed by atoms with Crippen molar-refractivity contribution in [2.24, 2.45) is 11.3 Å². The molecule has 1 aliphatic carbocycles. The Morgan fingerprint density at radius 3 is 2.40 bits per heavy atom. The van der Waals surface area contributed by atoms with Crippen molar-refractivity contribution in [3.05, 3.63) is 0 Å². The lowest BCUT2D eigenvalue weighted by atomic mass is 9.74. The minimum Gasteiger partial charge on any atom is -0.354 e. The van der Waals surface area contributed by atoms with Crippen LogP contribution < -0.4 is 16.0 Å². The maximum atomic E-state index is 12.4. The van der Waals surface area contributed by atoms with E-state index in [0.717, 1.165) is 51.6 Å². The van der Waals surface area contributed by atoms with Gasteiger partial charge >= 0.3 is 0 Å². The van der Waals surface area contributed by atoms with Gasteiger partial charge in [0.15, 0.2) is 0 Å². The molecule has 0 aromatic heterocycles. The lowest BCUT2D eigenvalue weighted by Gasteiger charge is -2.36. The van der Waals surface area contributed by atoms with E-state index in [2.05, 4.69) is 22.9 Å². The van der Waals surface area contributed by atoms with Crippen LogP contribution in [0.3, 0.4) is 0 Å². The first-order valence-corrected chi connectivity index (χ1v) is 7.95. The number of rotatable bonds is 7. The second kappa shape index (κ2) is 7.07. The van der Waals surface area contributed by atoms with Crippen molar-refractivity contribution in [3.8, 4) is 0 Å². The molecule has 1 saturated heterocycles. The zero-order valence-electron chi connectivity index (χ0n) is 12.5.